The summed E-state index contributed by atoms with van der Waals surface area (Å²) in [5.41, 5.74) is 1.72. The van der Waals surface area contributed by atoms with Gasteiger partial charge in [-0.1, -0.05) is 24.3 Å². The first-order chi connectivity index (χ1) is 23.0. The van der Waals surface area contributed by atoms with Crippen LogP contribution in [0.4, 0.5) is 35.0 Å². The SMILES string of the molecule is COc1ccc(CN(Cc2ccc(OC)cc2)c2nc(C)nc(-c3cc(C(Cl)C(F)(F)F)cnc3Nc3cnc(OC)c(F)c3)n2)cc1. The highest BCUT2D eigenvalue weighted by atomic mass is 35.5. The summed E-state index contributed by atoms with van der Waals surface area (Å²) < 4.78 is 71.0. The molecule has 0 aliphatic heterocycles. The van der Waals surface area contributed by atoms with Gasteiger partial charge in [0.2, 0.25) is 11.8 Å². The summed E-state index contributed by atoms with van der Waals surface area (Å²) in [5.74, 6) is 0.966. The summed E-state index contributed by atoms with van der Waals surface area (Å²) in [5, 5.41) is 0.547. The average Bonchev–Trinajstić information content (AvgIpc) is 3.08. The van der Waals surface area contributed by atoms with E-state index in [-0.39, 0.29) is 46.1 Å². The maximum absolute atomic E-state index is 14.5. The lowest BCUT2D eigenvalue weighted by Crippen LogP contribution is -2.25. The smallest absolute Gasteiger partial charge is 0.408 e. The van der Waals surface area contributed by atoms with E-state index in [0.29, 0.717) is 24.6 Å². The molecule has 0 saturated carbocycles. The number of nitrogens with one attached hydrogen (secondary N) is 1. The summed E-state index contributed by atoms with van der Waals surface area (Å²) in [6.45, 7) is 2.36. The number of benzene rings is 2. The van der Waals surface area contributed by atoms with E-state index in [9.17, 15) is 17.6 Å². The zero-order valence-electron chi connectivity index (χ0n) is 26.2. The van der Waals surface area contributed by atoms with Gasteiger partial charge in [0.05, 0.1) is 38.8 Å². The fourth-order valence-electron chi connectivity index (χ4n) is 4.69. The normalized spacial score (nSPS) is 11.9. The zero-order valence-corrected chi connectivity index (χ0v) is 27.0. The number of nitrogens with zero attached hydrogens (tertiary/aromatic N) is 6. The number of hydrogen-bond acceptors (Lipinski definition) is 10. The minimum absolute atomic E-state index is 0.0109. The number of alkyl halides is 4. The van der Waals surface area contributed by atoms with Gasteiger partial charge in [-0.05, 0) is 53.9 Å². The number of aryl methyl sites for hydroxylation is 1. The van der Waals surface area contributed by atoms with Crippen LogP contribution in [0.5, 0.6) is 17.4 Å². The maximum atomic E-state index is 14.5. The third-order valence-electron chi connectivity index (χ3n) is 7.08. The average molecular weight is 684 g/mol. The Bertz CT molecular complexity index is 1810. The fourth-order valence-corrected chi connectivity index (χ4v) is 4.81. The Balaban J connectivity index is 1.60. The predicted octanol–water partition coefficient (Wildman–Crippen LogP) is 7.59. The van der Waals surface area contributed by atoms with Gasteiger partial charge >= 0.3 is 6.18 Å². The lowest BCUT2D eigenvalue weighted by atomic mass is 10.1. The van der Waals surface area contributed by atoms with Gasteiger partial charge in [-0.2, -0.15) is 23.1 Å². The van der Waals surface area contributed by atoms with Crippen LogP contribution in [-0.2, 0) is 13.1 Å². The molecule has 0 spiro atoms. The molecule has 48 heavy (non-hydrogen) atoms. The van der Waals surface area contributed by atoms with E-state index in [2.05, 4.69) is 25.3 Å². The van der Waals surface area contributed by atoms with Gasteiger partial charge in [0, 0.05) is 25.4 Å². The topological polar surface area (TPSA) is 107 Å². The molecule has 0 bridgehead atoms. The standard InChI is InChI=1S/C33H30ClF4N7O3/c1-19-41-30(26-13-22(28(34)33(36,37)38)15-39-29(26)43-23-14-27(35)31(48-4)40-16-23)44-32(42-19)45(17-20-5-9-24(46-2)10-6-20)18-21-7-11-25(47-3)12-8-21/h5-16,28H,17-18H2,1-4H3,(H,39,43). The lowest BCUT2D eigenvalue weighted by Gasteiger charge is -2.24. The molecular weight excluding hydrogens is 654 g/mol. The van der Waals surface area contributed by atoms with Crippen molar-refractivity contribution in [2.75, 3.05) is 31.5 Å². The number of pyridine rings is 2. The highest BCUT2D eigenvalue weighted by Crippen LogP contribution is 2.40. The summed E-state index contributed by atoms with van der Waals surface area (Å²) >= 11 is 5.81. The van der Waals surface area contributed by atoms with E-state index in [0.717, 1.165) is 23.4 Å². The van der Waals surface area contributed by atoms with Gasteiger partial charge in [-0.25, -0.2) is 19.3 Å². The summed E-state index contributed by atoms with van der Waals surface area (Å²) in [6.07, 6.45) is -2.48. The van der Waals surface area contributed by atoms with Crippen LogP contribution in [0.3, 0.4) is 0 Å². The van der Waals surface area contributed by atoms with Crippen molar-refractivity contribution in [3.8, 4) is 28.8 Å². The van der Waals surface area contributed by atoms with Crippen molar-refractivity contribution < 1.29 is 31.8 Å². The first kappa shape index (κ1) is 34.1. The highest BCUT2D eigenvalue weighted by molar-refractivity contribution is 6.21. The van der Waals surface area contributed by atoms with Crippen LogP contribution in [0.2, 0.25) is 0 Å². The van der Waals surface area contributed by atoms with Crippen molar-refractivity contribution in [3.05, 3.63) is 101 Å². The molecular formula is C33H30ClF4N7O3. The van der Waals surface area contributed by atoms with E-state index in [1.165, 1.54) is 19.4 Å². The molecule has 15 heteroatoms. The van der Waals surface area contributed by atoms with Gasteiger partial charge < -0.3 is 24.4 Å². The Morgan fingerprint density at radius 2 is 1.42 bits per heavy atom. The van der Waals surface area contributed by atoms with Crippen molar-refractivity contribution >= 4 is 29.1 Å². The zero-order chi connectivity index (χ0) is 34.4. The Labute approximate surface area is 278 Å². The fraction of sp³-hybridized carbons (Fsp3) is 0.242. The molecule has 10 nitrogen and oxygen atoms in total. The van der Waals surface area contributed by atoms with Crippen molar-refractivity contribution in [1.29, 1.82) is 0 Å². The second kappa shape index (κ2) is 14.7. The quantitative estimate of drug-likeness (QED) is 0.104. The lowest BCUT2D eigenvalue weighted by molar-refractivity contribution is -0.131. The first-order valence-corrected chi connectivity index (χ1v) is 14.8. The Hall–Kier alpha value is -5.24. The van der Waals surface area contributed by atoms with Gasteiger partial charge in [0.1, 0.15) is 23.1 Å². The van der Waals surface area contributed by atoms with E-state index in [4.69, 9.17) is 30.8 Å². The van der Waals surface area contributed by atoms with E-state index >= 15 is 0 Å². The molecule has 0 amide bonds. The van der Waals surface area contributed by atoms with Gasteiger partial charge in [0.25, 0.3) is 0 Å². The van der Waals surface area contributed by atoms with Crippen molar-refractivity contribution in [2.45, 2.75) is 31.6 Å². The number of hydrogen-bond donors (Lipinski definition) is 1. The number of aromatic nitrogens is 5. The minimum Gasteiger partial charge on any atom is -0.497 e. The van der Waals surface area contributed by atoms with Crippen LogP contribution in [0, 0.1) is 12.7 Å². The van der Waals surface area contributed by atoms with Crippen molar-refractivity contribution in [1.82, 2.24) is 24.9 Å². The Morgan fingerprint density at radius 3 is 1.94 bits per heavy atom. The third kappa shape index (κ3) is 8.18. The largest absolute Gasteiger partial charge is 0.497 e. The maximum Gasteiger partial charge on any atom is 0.408 e. The van der Waals surface area contributed by atoms with Gasteiger partial charge in [-0.15, -0.1) is 11.6 Å². The molecule has 0 aliphatic rings. The first-order valence-electron chi connectivity index (χ1n) is 14.4. The van der Waals surface area contributed by atoms with E-state index in [1.807, 2.05) is 53.4 Å². The third-order valence-corrected chi connectivity index (χ3v) is 7.58. The van der Waals surface area contributed by atoms with Crippen LogP contribution in [0.25, 0.3) is 11.4 Å². The van der Waals surface area contributed by atoms with Crippen molar-refractivity contribution in [2.24, 2.45) is 0 Å². The van der Waals surface area contributed by atoms with Gasteiger partial charge in [-0.3, -0.25) is 0 Å². The molecule has 3 aromatic heterocycles. The molecule has 0 saturated heterocycles. The van der Waals surface area contributed by atoms with Gasteiger partial charge in [0.15, 0.2) is 17.0 Å². The molecule has 0 radical (unpaired) electrons. The number of ether oxygens (including phenoxy) is 3. The van der Waals surface area contributed by atoms with Crippen molar-refractivity contribution in [3.63, 3.8) is 0 Å². The van der Waals surface area contributed by atoms with Crippen LogP contribution in [-0.4, -0.2) is 52.4 Å². The molecule has 1 N–H and O–H groups in total. The summed E-state index contributed by atoms with van der Waals surface area (Å²) in [6, 6.07) is 17.3. The molecule has 0 fully saturated rings. The predicted molar refractivity (Wildman–Crippen MR) is 172 cm³/mol. The molecule has 0 aliphatic carbocycles. The molecule has 2 aromatic carbocycles. The van der Waals surface area contributed by atoms with E-state index < -0.39 is 17.4 Å². The van der Waals surface area contributed by atoms with Crippen LogP contribution in [0.15, 0.2) is 73.1 Å². The second-order valence-corrected chi connectivity index (χ2v) is 10.9. The van der Waals surface area contributed by atoms with Crippen LogP contribution >= 0.6 is 11.6 Å². The second-order valence-electron chi connectivity index (χ2n) is 10.5. The summed E-state index contributed by atoms with van der Waals surface area (Å²) in [4.78, 5) is 23.8. The monoisotopic (exact) mass is 683 g/mol. The van der Waals surface area contributed by atoms with E-state index in [1.54, 1.807) is 21.1 Å². The molecule has 250 valence electrons. The molecule has 5 rings (SSSR count). The number of anilines is 3. The van der Waals surface area contributed by atoms with Crippen LogP contribution in [0.1, 0.15) is 27.9 Å². The summed E-state index contributed by atoms with van der Waals surface area (Å²) in [7, 11) is 4.43. The minimum atomic E-state index is -4.76. The molecule has 1 atom stereocenters. The Morgan fingerprint density at radius 1 is 0.812 bits per heavy atom. The number of methoxy groups -OCH3 is 3. The Kier molecular flexibility index (Phi) is 10.4. The number of halogens is 5. The highest BCUT2D eigenvalue weighted by Gasteiger charge is 2.40. The number of rotatable bonds is 12. The molecule has 1 unspecified atom stereocenters. The van der Waals surface area contributed by atoms with Crippen LogP contribution < -0.4 is 24.4 Å². The molecule has 3 heterocycles. The molecule has 5 aromatic rings.